The third kappa shape index (κ3) is 6.85. The van der Waals surface area contributed by atoms with Gasteiger partial charge < -0.3 is 24.8 Å². The highest BCUT2D eigenvalue weighted by atomic mass is 32.2. The number of methoxy groups -OCH3 is 1. The number of benzene rings is 2. The van der Waals surface area contributed by atoms with Gasteiger partial charge in [0.05, 0.1) is 42.4 Å². The Bertz CT molecular complexity index is 1330. The van der Waals surface area contributed by atoms with Crippen LogP contribution in [0.5, 0.6) is 11.5 Å². The van der Waals surface area contributed by atoms with Crippen LogP contribution < -0.4 is 14.8 Å². The summed E-state index contributed by atoms with van der Waals surface area (Å²) in [5.74, 6) is -0.0863. The van der Waals surface area contributed by atoms with Crippen molar-refractivity contribution >= 4 is 27.5 Å². The molecule has 2 aromatic carbocycles. The summed E-state index contributed by atoms with van der Waals surface area (Å²) in [7, 11) is -0.863. The van der Waals surface area contributed by atoms with Gasteiger partial charge in [-0.2, -0.15) is 4.31 Å². The van der Waals surface area contributed by atoms with Crippen molar-refractivity contribution in [2.75, 3.05) is 39.2 Å². The molecule has 1 fully saturated rings. The van der Waals surface area contributed by atoms with E-state index in [9.17, 15) is 23.1 Å². The van der Waals surface area contributed by atoms with Gasteiger partial charge in [0.2, 0.25) is 15.9 Å². The summed E-state index contributed by atoms with van der Waals surface area (Å²) in [4.78, 5) is 28.6. The number of hydrogen-bond acceptors (Lipinski definition) is 7. The van der Waals surface area contributed by atoms with Crippen LogP contribution in [0.2, 0.25) is 0 Å². The average Bonchev–Trinajstić information content (AvgIpc) is 2.99. The van der Waals surface area contributed by atoms with Gasteiger partial charge in [0.25, 0.3) is 5.91 Å². The highest BCUT2D eigenvalue weighted by molar-refractivity contribution is 7.89. The number of carbonyl (C=O) groups excluding carboxylic acids is 2. The molecule has 41 heavy (non-hydrogen) atoms. The maximum Gasteiger partial charge on any atom is 0.258 e. The molecule has 10 nitrogen and oxygen atoms in total. The summed E-state index contributed by atoms with van der Waals surface area (Å²) in [6.45, 7) is 3.66. The molecule has 224 valence electrons. The summed E-state index contributed by atoms with van der Waals surface area (Å²) in [5.41, 5.74) is 0.632. The second kappa shape index (κ2) is 13.2. The molecule has 2 N–H and O–H groups in total. The third-order valence-electron chi connectivity index (χ3n) is 8.13. The Morgan fingerprint density at radius 1 is 1.17 bits per heavy atom. The second-order valence-electron chi connectivity index (χ2n) is 11.1. The molecule has 2 amide bonds. The Morgan fingerprint density at radius 3 is 2.49 bits per heavy atom. The van der Waals surface area contributed by atoms with E-state index in [0.29, 0.717) is 11.4 Å². The number of nitrogens with zero attached hydrogens (tertiary/aromatic N) is 2. The van der Waals surface area contributed by atoms with Gasteiger partial charge in [0.1, 0.15) is 11.9 Å². The standard InChI is InChI=1S/C30H41N3O7S/c1-20-17-33(21(2)19-34)30(36)25-11-8-12-26(31-29(35)22-9-6-5-7-10-22)28(25)40-27(20)18-32(3)41(37,38)24-15-13-23(39-4)14-16-24/h8,11-16,20-22,27,34H,5-7,9-10,17-19H2,1-4H3,(H,31,35)/t20-,21+,27-/m1/s1. The smallest absolute Gasteiger partial charge is 0.258 e. The van der Waals surface area contributed by atoms with Gasteiger partial charge in [-0.1, -0.05) is 32.3 Å². The number of aliphatic hydroxyl groups is 1. The number of fused-ring (bicyclic) bond motifs is 1. The maximum atomic E-state index is 13.7. The zero-order valence-corrected chi connectivity index (χ0v) is 25.0. The van der Waals surface area contributed by atoms with Gasteiger partial charge in [-0.05, 0) is 56.2 Å². The second-order valence-corrected chi connectivity index (χ2v) is 13.1. The van der Waals surface area contributed by atoms with Crippen molar-refractivity contribution in [1.82, 2.24) is 9.21 Å². The van der Waals surface area contributed by atoms with Crippen LogP contribution in [0.1, 0.15) is 56.3 Å². The molecule has 1 heterocycles. The molecule has 2 aromatic rings. The lowest BCUT2D eigenvalue weighted by Crippen LogP contribution is -2.50. The zero-order chi connectivity index (χ0) is 29.7. The number of amides is 2. The predicted octanol–water partition coefficient (Wildman–Crippen LogP) is 3.75. The summed E-state index contributed by atoms with van der Waals surface area (Å²) >= 11 is 0. The topological polar surface area (TPSA) is 125 Å². The number of hydrogen-bond donors (Lipinski definition) is 2. The van der Waals surface area contributed by atoms with E-state index in [-0.39, 0.29) is 59.6 Å². The Labute approximate surface area is 242 Å². The first-order chi connectivity index (χ1) is 19.6. The Balaban J connectivity index is 1.68. The van der Waals surface area contributed by atoms with Crippen LogP contribution in [0.15, 0.2) is 47.4 Å². The van der Waals surface area contributed by atoms with E-state index in [2.05, 4.69) is 5.32 Å². The number of ether oxygens (including phenoxy) is 2. The van der Waals surface area contributed by atoms with Crippen LogP contribution in [0.4, 0.5) is 5.69 Å². The first-order valence-electron chi connectivity index (χ1n) is 14.2. The lowest BCUT2D eigenvalue weighted by atomic mass is 9.88. The van der Waals surface area contributed by atoms with Crippen molar-refractivity contribution in [3.05, 3.63) is 48.0 Å². The fourth-order valence-electron chi connectivity index (χ4n) is 5.44. The van der Waals surface area contributed by atoms with Crippen molar-refractivity contribution in [1.29, 1.82) is 0 Å². The van der Waals surface area contributed by atoms with Crippen LogP contribution in [-0.2, 0) is 14.8 Å². The Hall–Kier alpha value is -3.15. The van der Waals surface area contributed by atoms with Gasteiger partial charge in [0, 0.05) is 25.4 Å². The number of para-hydroxylation sites is 1. The molecule has 4 rings (SSSR count). The lowest BCUT2D eigenvalue weighted by Gasteiger charge is -2.38. The van der Waals surface area contributed by atoms with Crippen LogP contribution in [0.3, 0.4) is 0 Å². The lowest BCUT2D eigenvalue weighted by molar-refractivity contribution is -0.120. The van der Waals surface area contributed by atoms with E-state index < -0.39 is 22.2 Å². The molecule has 11 heteroatoms. The van der Waals surface area contributed by atoms with Crippen LogP contribution in [0, 0.1) is 11.8 Å². The maximum absolute atomic E-state index is 13.7. The van der Waals surface area contributed by atoms with Crippen molar-refractivity contribution in [3.63, 3.8) is 0 Å². The van der Waals surface area contributed by atoms with Crippen molar-refractivity contribution in [3.8, 4) is 11.5 Å². The number of rotatable bonds is 9. The van der Waals surface area contributed by atoms with Gasteiger partial charge in [-0.3, -0.25) is 9.59 Å². The first-order valence-corrected chi connectivity index (χ1v) is 15.6. The number of sulfonamides is 1. The highest BCUT2D eigenvalue weighted by Gasteiger charge is 2.36. The molecule has 0 radical (unpaired) electrons. The molecule has 3 atom stereocenters. The summed E-state index contributed by atoms with van der Waals surface area (Å²) in [6.07, 6.45) is 4.09. The number of anilines is 1. The quantitative estimate of drug-likeness (QED) is 0.458. The third-order valence-corrected chi connectivity index (χ3v) is 9.97. The van der Waals surface area contributed by atoms with Crippen LogP contribution >= 0.6 is 0 Å². The van der Waals surface area contributed by atoms with Gasteiger partial charge in [-0.15, -0.1) is 0 Å². The minimum atomic E-state index is -3.87. The number of likely N-dealkylation sites (N-methyl/N-ethyl adjacent to an activating group) is 1. The molecular formula is C30H41N3O7S. The molecule has 0 saturated heterocycles. The van der Waals surface area contributed by atoms with E-state index in [1.165, 1.54) is 30.6 Å². The molecule has 1 aliphatic heterocycles. The molecule has 2 aliphatic rings. The average molecular weight is 588 g/mol. The Morgan fingerprint density at radius 2 is 1.85 bits per heavy atom. The predicted molar refractivity (Wildman–Crippen MR) is 156 cm³/mol. The molecule has 1 saturated carbocycles. The van der Waals surface area contributed by atoms with Crippen molar-refractivity contribution in [2.45, 2.75) is 63.0 Å². The normalized spacial score (nSPS) is 20.9. The number of carbonyl (C=O) groups is 2. The van der Waals surface area contributed by atoms with Gasteiger partial charge in [-0.25, -0.2) is 8.42 Å². The van der Waals surface area contributed by atoms with Gasteiger partial charge in [0.15, 0.2) is 5.75 Å². The largest absolute Gasteiger partial charge is 0.497 e. The van der Waals surface area contributed by atoms with E-state index in [1.807, 2.05) is 6.92 Å². The van der Waals surface area contributed by atoms with Crippen molar-refractivity contribution in [2.24, 2.45) is 11.8 Å². The molecule has 0 spiro atoms. The summed E-state index contributed by atoms with van der Waals surface area (Å²) in [5, 5.41) is 12.9. The van der Waals surface area contributed by atoms with E-state index in [4.69, 9.17) is 9.47 Å². The monoisotopic (exact) mass is 587 g/mol. The number of aliphatic hydroxyl groups excluding tert-OH is 1. The van der Waals surface area contributed by atoms with Crippen LogP contribution in [0.25, 0.3) is 0 Å². The minimum absolute atomic E-state index is 0.00455. The van der Waals surface area contributed by atoms with Gasteiger partial charge >= 0.3 is 0 Å². The fraction of sp³-hybridized carbons (Fsp3) is 0.533. The molecule has 1 aliphatic carbocycles. The molecule has 0 bridgehead atoms. The molecule has 0 unspecified atom stereocenters. The van der Waals surface area contributed by atoms with E-state index in [0.717, 1.165) is 32.1 Å². The molecule has 0 aromatic heterocycles. The Kier molecular flexibility index (Phi) is 9.93. The van der Waals surface area contributed by atoms with E-state index in [1.54, 1.807) is 42.2 Å². The van der Waals surface area contributed by atoms with Crippen LogP contribution in [-0.4, -0.2) is 80.5 Å². The summed E-state index contributed by atoms with van der Waals surface area (Å²) in [6, 6.07) is 10.7. The highest BCUT2D eigenvalue weighted by Crippen LogP contribution is 2.36. The number of nitrogens with one attached hydrogen (secondary N) is 1. The fourth-order valence-corrected chi connectivity index (χ4v) is 6.62. The SMILES string of the molecule is COc1ccc(S(=O)(=O)N(C)C[C@H]2Oc3c(NC(=O)C4CCCCC4)cccc3C(=O)N([C@@H](C)CO)C[C@H]2C)cc1. The van der Waals surface area contributed by atoms with E-state index >= 15 is 0 Å². The molecular weight excluding hydrogens is 546 g/mol. The summed E-state index contributed by atoms with van der Waals surface area (Å²) < 4.78 is 39.8. The minimum Gasteiger partial charge on any atom is -0.497 e. The zero-order valence-electron chi connectivity index (χ0n) is 24.2. The van der Waals surface area contributed by atoms with Crippen molar-refractivity contribution < 1.29 is 32.6 Å². The first kappa shape index (κ1) is 30.8.